The van der Waals surface area contributed by atoms with Crippen molar-refractivity contribution in [1.82, 2.24) is 15.1 Å². The van der Waals surface area contributed by atoms with Crippen LogP contribution in [0.4, 0.5) is 17.6 Å². The molecule has 0 bridgehead atoms. The fraction of sp³-hybridized carbons (Fsp3) is 0.667. The van der Waals surface area contributed by atoms with E-state index >= 15 is 0 Å². The quantitative estimate of drug-likeness (QED) is 0.194. The molecule has 32 heavy (non-hydrogen) atoms. The number of hydrogen-bond donors (Lipinski definition) is 2. The first kappa shape index (κ1) is 28.7. The van der Waals surface area contributed by atoms with Crippen molar-refractivity contribution in [2.45, 2.75) is 32.5 Å². The molecule has 0 spiro atoms. The van der Waals surface area contributed by atoms with E-state index in [-0.39, 0.29) is 48.9 Å². The highest BCUT2D eigenvalue weighted by Crippen LogP contribution is 2.21. The van der Waals surface area contributed by atoms with Crippen LogP contribution in [0.1, 0.15) is 20.3 Å². The molecule has 0 radical (unpaired) electrons. The van der Waals surface area contributed by atoms with Gasteiger partial charge in [0.05, 0.1) is 13.1 Å². The molecule has 1 saturated heterocycles. The van der Waals surface area contributed by atoms with Crippen molar-refractivity contribution in [3.8, 4) is 5.75 Å². The summed E-state index contributed by atoms with van der Waals surface area (Å²) < 4.78 is 56.5. The zero-order valence-corrected chi connectivity index (χ0v) is 20.8. The summed E-state index contributed by atoms with van der Waals surface area (Å²) in [6.07, 6.45) is -4.26. The average Bonchev–Trinajstić information content (AvgIpc) is 3.17. The predicted octanol–water partition coefficient (Wildman–Crippen LogP) is 3.36. The van der Waals surface area contributed by atoms with E-state index in [0.717, 1.165) is 6.42 Å². The van der Waals surface area contributed by atoms with Crippen LogP contribution in [-0.2, 0) is 0 Å². The Labute approximate surface area is 204 Å². The molecule has 184 valence electrons. The van der Waals surface area contributed by atoms with E-state index in [1.54, 1.807) is 6.92 Å². The Bertz CT molecular complexity index is 691. The first-order chi connectivity index (χ1) is 14.7. The SMILES string of the molecule is CCNC(=NCC(O)COc1ccc(F)cc1)N1CCC(CN(CC)CC(F)(F)F)C1.I. The zero-order valence-electron chi connectivity index (χ0n) is 18.4. The molecule has 2 N–H and O–H groups in total. The number of benzene rings is 1. The van der Waals surface area contributed by atoms with Gasteiger partial charge in [-0.1, -0.05) is 6.92 Å². The van der Waals surface area contributed by atoms with Gasteiger partial charge in [-0.15, -0.1) is 24.0 Å². The lowest BCUT2D eigenvalue weighted by Gasteiger charge is -2.26. The van der Waals surface area contributed by atoms with E-state index in [9.17, 15) is 22.7 Å². The number of aliphatic hydroxyl groups is 1. The van der Waals surface area contributed by atoms with Crippen molar-refractivity contribution in [2.75, 3.05) is 52.4 Å². The van der Waals surface area contributed by atoms with Gasteiger partial charge in [-0.2, -0.15) is 13.2 Å². The third kappa shape index (κ3) is 10.5. The highest BCUT2D eigenvalue weighted by molar-refractivity contribution is 14.0. The topological polar surface area (TPSA) is 60.3 Å². The summed E-state index contributed by atoms with van der Waals surface area (Å²) in [5.74, 6) is 0.845. The maximum atomic E-state index is 12.9. The lowest BCUT2D eigenvalue weighted by molar-refractivity contribution is -0.146. The second-order valence-electron chi connectivity index (χ2n) is 7.66. The number of nitrogens with zero attached hydrogens (tertiary/aromatic N) is 3. The summed E-state index contributed by atoms with van der Waals surface area (Å²) in [4.78, 5) is 7.91. The molecule has 0 saturated carbocycles. The van der Waals surface area contributed by atoms with Crippen LogP contribution in [0.15, 0.2) is 29.3 Å². The highest BCUT2D eigenvalue weighted by Gasteiger charge is 2.33. The molecule has 2 rings (SSSR count). The van der Waals surface area contributed by atoms with E-state index in [1.165, 1.54) is 29.2 Å². The molecular formula is C21H33F4IN4O2. The van der Waals surface area contributed by atoms with Gasteiger partial charge in [-0.25, -0.2) is 4.39 Å². The minimum absolute atomic E-state index is 0. The molecule has 0 aromatic heterocycles. The van der Waals surface area contributed by atoms with Crippen molar-refractivity contribution < 1.29 is 27.4 Å². The second-order valence-corrected chi connectivity index (χ2v) is 7.66. The molecule has 1 aliphatic rings. The Balaban J connectivity index is 0.00000512. The van der Waals surface area contributed by atoms with Gasteiger partial charge in [0.2, 0.25) is 0 Å². The van der Waals surface area contributed by atoms with Crippen molar-refractivity contribution in [3.63, 3.8) is 0 Å². The standard InChI is InChI=1S/C21H32F4N4O2.HI/c1-3-26-20(27-11-18(30)14-31-19-7-5-17(22)6-8-19)29-10-9-16(13-29)12-28(4-2)15-21(23,24)25;/h5-8,16,18,30H,3-4,9-15H2,1-2H3,(H,26,27);1H. The van der Waals surface area contributed by atoms with Crippen LogP contribution >= 0.6 is 24.0 Å². The van der Waals surface area contributed by atoms with Crippen LogP contribution in [0.2, 0.25) is 0 Å². The maximum Gasteiger partial charge on any atom is 0.401 e. The van der Waals surface area contributed by atoms with E-state index in [0.29, 0.717) is 44.4 Å². The normalized spacial score (nSPS) is 17.9. The maximum absolute atomic E-state index is 12.9. The molecule has 1 aromatic rings. The first-order valence-electron chi connectivity index (χ1n) is 10.6. The first-order valence-corrected chi connectivity index (χ1v) is 10.6. The number of guanidine groups is 1. The van der Waals surface area contributed by atoms with Gasteiger partial charge in [0, 0.05) is 26.2 Å². The molecule has 1 fully saturated rings. The fourth-order valence-electron chi connectivity index (χ4n) is 3.49. The van der Waals surface area contributed by atoms with Crippen molar-refractivity contribution >= 4 is 29.9 Å². The molecule has 2 atom stereocenters. The second kappa shape index (κ2) is 14.0. The van der Waals surface area contributed by atoms with E-state index < -0.39 is 18.8 Å². The third-order valence-electron chi connectivity index (χ3n) is 4.99. The van der Waals surface area contributed by atoms with Gasteiger partial charge >= 0.3 is 6.18 Å². The predicted molar refractivity (Wildman–Crippen MR) is 127 cm³/mol. The van der Waals surface area contributed by atoms with Crippen LogP contribution in [-0.4, -0.2) is 85.6 Å². The number of aliphatic hydroxyl groups excluding tert-OH is 1. The highest BCUT2D eigenvalue weighted by atomic mass is 127. The monoisotopic (exact) mass is 576 g/mol. The summed E-state index contributed by atoms with van der Waals surface area (Å²) in [7, 11) is 0. The number of halogens is 5. The summed E-state index contributed by atoms with van der Waals surface area (Å²) in [5.41, 5.74) is 0. The van der Waals surface area contributed by atoms with Crippen LogP contribution < -0.4 is 10.1 Å². The largest absolute Gasteiger partial charge is 0.491 e. The number of rotatable bonds is 10. The smallest absolute Gasteiger partial charge is 0.401 e. The number of ether oxygens (including phenoxy) is 1. The number of aliphatic imine (C=N–C) groups is 1. The summed E-state index contributed by atoms with van der Waals surface area (Å²) in [6.45, 7) is 5.58. The van der Waals surface area contributed by atoms with Gasteiger partial charge in [0.25, 0.3) is 0 Å². The molecule has 6 nitrogen and oxygen atoms in total. The Kier molecular flexibility index (Phi) is 12.6. The minimum atomic E-state index is -4.20. The van der Waals surface area contributed by atoms with Crippen LogP contribution in [0.5, 0.6) is 5.75 Å². The average molecular weight is 576 g/mol. The fourth-order valence-corrected chi connectivity index (χ4v) is 3.49. The Morgan fingerprint density at radius 2 is 2.00 bits per heavy atom. The number of nitrogens with one attached hydrogen (secondary N) is 1. The molecule has 1 heterocycles. The molecule has 0 amide bonds. The minimum Gasteiger partial charge on any atom is -0.491 e. The van der Waals surface area contributed by atoms with Crippen LogP contribution in [0, 0.1) is 11.7 Å². The zero-order chi connectivity index (χ0) is 22.9. The molecular weight excluding hydrogens is 543 g/mol. The molecule has 2 unspecified atom stereocenters. The lowest BCUT2D eigenvalue weighted by Crippen LogP contribution is -2.42. The Morgan fingerprint density at radius 1 is 1.31 bits per heavy atom. The molecule has 1 aliphatic heterocycles. The van der Waals surface area contributed by atoms with E-state index in [2.05, 4.69) is 10.3 Å². The number of alkyl halides is 3. The molecule has 0 aliphatic carbocycles. The summed E-state index contributed by atoms with van der Waals surface area (Å²) >= 11 is 0. The molecule has 1 aromatic carbocycles. The molecule has 11 heteroatoms. The van der Waals surface area contributed by atoms with Crippen molar-refractivity contribution in [2.24, 2.45) is 10.9 Å². The lowest BCUT2D eigenvalue weighted by atomic mass is 10.1. The van der Waals surface area contributed by atoms with Crippen molar-refractivity contribution in [1.29, 1.82) is 0 Å². The summed E-state index contributed by atoms with van der Waals surface area (Å²) in [6, 6.07) is 5.53. The number of likely N-dealkylation sites (tertiary alicyclic amines) is 1. The van der Waals surface area contributed by atoms with Gasteiger partial charge in [-0.05, 0) is 50.1 Å². The van der Waals surface area contributed by atoms with Gasteiger partial charge < -0.3 is 20.1 Å². The van der Waals surface area contributed by atoms with Crippen LogP contribution in [0.3, 0.4) is 0 Å². The summed E-state index contributed by atoms with van der Waals surface area (Å²) in [5, 5.41) is 13.3. The van der Waals surface area contributed by atoms with Crippen LogP contribution in [0.25, 0.3) is 0 Å². The van der Waals surface area contributed by atoms with Gasteiger partial charge in [0.1, 0.15) is 24.3 Å². The van der Waals surface area contributed by atoms with E-state index in [4.69, 9.17) is 4.74 Å². The third-order valence-corrected chi connectivity index (χ3v) is 4.99. The van der Waals surface area contributed by atoms with Gasteiger partial charge in [0.15, 0.2) is 5.96 Å². The Hall–Kier alpha value is -1.34. The van der Waals surface area contributed by atoms with E-state index in [1.807, 2.05) is 11.8 Å². The van der Waals surface area contributed by atoms with Crippen molar-refractivity contribution in [3.05, 3.63) is 30.1 Å². The number of hydrogen-bond acceptors (Lipinski definition) is 4. The Morgan fingerprint density at radius 3 is 2.59 bits per heavy atom. The van der Waals surface area contributed by atoms with Gasteiger partial charge in [-0.3, -0.25) is 9.89 Å².